The third kappa shape index (κ3) is 2.35. The van der Waals surface area contributed by atoms with Crippen LogP contribution >= 0.6 is 0 Å². The van der Waals surface area contributed by atoms with Crippen LogP contribution in [-0.4, -0.2) is 22.8 Å². The summed E-state index contributed by atoms with van der Waals surface area (Å²) in [5.74, 6) is -0.308. The van der Waals surface area contributed by atoms with Crippen molar-refractivity contribution < 1.29 is 14.6 Å². The second kappa shape index (κ2) is 2.66. The fraction of sp³-hybridized carbons (Fsp3) is 0.625. The Hall–Kier alpha value is -0.830. The molecule has 3 nitrogen and oxygen atoms in total. The van der Waals surface area contributed by atoms with E-state index in [9.17, 15) is 9.90 Å². The largest absolute Gasteiger partial charge is 0.458 e. The van der Waals surface area contributed by atoms with Crippen LogP contribution in [0.25, 0.3) is 0 Å². The van der Waals surface area contributed by atoms with Crippen molar-refractivity contribution in [1.82, 2.24) is 0 Å². The molecule has 0 saturated carbocycles. The molecule has 11 heavy (non-hydrogen) atoms. The van der Waals surface area contributed by atoms with Crippen molar-refractivity contribution in [3.05, 3.63) is 12.2 Å². The normalized spacial score (nSPS) is 35.7. The first-order valence-electron chi connectivity index (χ1n) is 3.58. The van der Waals surface area contributed by atoms with E-state index in [2.05, 4.69) is 0 Å². The molecule has 1 rings (SSSR count). The molecule has 1 aliphatic rings. The minimum absolute atomic E-state index is 0.248. The average molecular weight is 156 g/mol. The molecule has 3 heteroatoms. The maximum absolute atomic E-state index is 10.5. The lowest BCUT2D eigenvalue weighted by molar-refractivity contribution is -0.145. The topological polar surface area (TPSA) is 46.5 Å². The first kappa shape index (κ1) is 8.27. The van der Waals surface area contributed by atoms with Crippen molar-refractivity contribution in [2.24, 2.45) is 0 Å². The van der Waals surface area contributed by atoms with Crippen LogP contribution in [-0.2, 0) is 9.53 Å². The van der Waals surface area contributed by atoms with Crippen LogP contribution in [0.4, 0.5) is 0 Å². The Morgan fingerprint density at radius 1 is 1.82 bits per heavy atom. The van der Waals surface area contributed by atoms with E-state index in [1.165, 1.54) is 6.92 Å². The summed E-state index contributed by atoms with van der Waals surface area (Å²) in [7, 11) is 0. The Balaban J connectivity index is 2.44. The van der Waals surface area contributed by atoms with Gasteiger partial charge in [-0.25, -0.2) is 0 Å². The van der Waals surface area contributed by atoms with Crippen LogP contribution in [0.5, 0.6) is 0 Å². The molecule has 0 saturated heterocycles. The van der Waals surface area contributed by atoms with Gasteiger partial charge in [0.05, 0.1) is 5.60 Å². The lowest BCUT2D eigenvalue weighted by Crippen LogP contribution is -2.22. The van der Waals surface area contributed by atoms with E-state index in [4.69, 9.17) is 4.74 Å². The molecule has 62 valence electrons. The van der Waals surface area contributed by atoms with Crippen molar-refractivity contribution in [1.29, 1.82) is 0 Å². The second-order valence-corrected chi connectivity index (χ2v) is 3.07. The smallest absolute Gasteiger partial charge is 0.303 e. The summed E-state index contributed by atoms with van der Waals surface area (Å²) in [6.07, 6.45) is 3.58. The number of carbonyl (C=O) groups is 1. The molecule has 2 atom stereocenters. The summed E-state index contributed by atoms with van der Waals surface area (Å²) in [4.78, 5) is 10.5. The maximum atomic E-state index is 10.5. The van der Waals surface area contributed by atoms with Gasteiger partial charge in [0, 0.05) is 13.3 Å². The second-order valence-electron chi connectivity index (χ2n) is 3.07. The number of hydrogen-bond donors (Lipinski definition) is 1. The summed E-state index contributed by atoms with van der Waals surface area (Å²) < 4.78 is 4.86. The fourth-order valence-electron chi connectivity index (χ4n) is 1.15. The molecule has 0 heterocycles. The molecule has 0 aromatic heterocycles. The van der Waals surface area contributed by atoms with Crippen molar-refractivity contribution >= 4 is 5.97 Å². The van der Waals surface area contributed by atoms with Crippen molar-refractivity contribution in [3.63, 3.8) is 0 Å². The van der Waals surface area contributed by atoms with Gasteiger partial charge in [0.15, 0.2) is 0 Å². The van der Waals surface area contributed by atoms with Gasteiger partial charge in [-0.1, -0.05) is 6.08 Å². The highest BCUT2D eigenvalue weighted by Crippen LogP contribution is 2.23. The van der Waals surface area contributed by atoms with Gasteiger partial charge in [0.2, 0.25) is 0 Å². The Bertz CT molecular complexity index is 194. The Morgan fingerprint density at radius 2 is 2.45 bits per heavy atom. The Labute approximate surface area is 65.7 Å². The third-order valence-corrected chi connectivity index (χ3v) is 1.60. The molecule has 0 aromatic rings. The molecular weight excluding hydrogens is 144 g/mol. The maximum Gasteiger partial charge on any atom is 0.303 e. The van der Waals surface area contributed by atoms with E-state index < -0.39 is 5.60 Å². The fourth-order valence-corrected chi connectivity index (χ4v) is 1.15. The SMILES string of the molecule is CC(=O)O[C@H]1C=C[C@@](C)(O)C1. The van der Waals surface area contributed by atoms with Crippen LogP contribution in [0, 0.1) is 0 Å². The lowest BCUT2D eigenvalue weighted by Gasteiger charge is -2.15. The van der Waals surface area contributed by atoms with E-state index in [-0.39, 0.29) is 12.1 Å². The van der Waals surface area contributed by atoms with Crippen molar-refractivity contribution in [2.45, 2.75) is 32.0 Å². The van der Waals surface area contributed by atoms with Gasteiger partial charge in [-0.15, -0.1) is 0 Å². The number of rotatable bonds is 1. The summed E-state index contributed by atoms with van der Waals surface area (Å²) in [5.41, 5.74) is -0.805. The van der Waals surface area contributed by atoms with E-state index in [1.54, 1.807) is 19.1 Å². The molecule has 0 amide bonds. The number of ether oxygens (including phenoxy) is 1. The van der Waals surface area contributed by atoms with Crippen LogP contribution in [0.15, 0.2) is 12.2 Å². The monoisotopic (exact) mass is 156 g/mol. The third-order valence-electron chi connectivity index (χ3n) is 1.60. The molecule has 1 N–H and O–H groups in total. The molecule has 0 aromatic carbocycles. The number of carbonyl (C=O) groups excluding carboxylic acids is 1. The lowest BCUT2D eigenvalue weighted by atomic mass is 10.1. The van der Waals surface area contributed by atoms with Gasteiger partial charge in [0.1, 0.15) is 6.10 Å². The van der Waals surface area contributed by atoms with Crippen LogP contribution < -0.4 is 0 Å². The van der Waals surface area contributed by atoms with Gasteiger partial charge in [-0.3, -0.25) is 4.79 Å². The summed E-state index contributed by atoms with van der Waals surface area (Å²) in [6.45, 7) is 3.05. The molecule has 1 aliphatic carbocycles. The highest BCUT2D eigenvalue weighted by molar-refractivity contribution is 5.66. The van der Waals surface area contributed by atoms with Crippen molar-refractivity contribution in [2.75, 3.05) is 0 Å². The predicted octanol–water partition coefficient (Wildman–Crippen LogP) is 0.629. The van der Waals surface area contributed by atoms with E-state index >= 15 is 0 Å². The number of esters is 1. The highest BCUT2D eigenvalue weighted by atomic mass is 16.5. The van der Waals surface area contributed by atoms with Gasteiger partial charge < -0.3 is 9.84 Å². The van der Waals surface area contributed by atoms with Crippen LogP contribution in [0.2, 0.25) is 0 Å². The predicted molar refractivity (Wildman–Crippen MR) is 39.9 cm³/mol. The number of aliphatic hydroxyl groups is 1. The van der Waals surface area contributed by atoms with E-state index in [1.807, 2.05) is 0 Å². The standard InChI is InChI=1S/C8H12O3/c1-6(9)11-7-3-4-8(2,10)5-7/h3-4,7,10H,5H2,1-2H3/t7-,8+/m0/s1. The first-order chi connectivity index (χ1) is 4.99. The van der Waals surface area contributed by atoms with Gasteiger partial charge in [-0.2, -0.15) is 0 Å². The minimum atomic E-state index is -0.805. The van der Waals surface area contributed by atoms with Gasteiger partial charge in [0.25, 0.3) is 0 Å². The molecule has 0 spiro atoms. The van der Waals surface area contributed by atoms with Crippen molar-refractivity contribution in [3.8, 4) is 0 Å². The van der Waals surface area contributed by atoms with Gasteiger partial charge >= 0.3 is 5.97 Å². The molecule has 0 fully saturated rings. The first-order valence-corrected chi connectivity index (χ1v) is 3.58. The summed E-state index contributed by atoms with van der Waals surface area (Å²) in [5, 5.41) is 9.40. The molecule has 0 bridgehead atoms. The molecule has 0 aliphatic heterocycles. The van der Waals surface area contributed by atoms with Crippen LogP contribution in [0.3, 0.4) is 0 Å². The summed E-state index contributed by atoms with van der Waals surface area (Å²) >= 11 is 0. The molecule has 0 radical (unpaired) electrons. The highest BCUT2D eigenvalue weighted by Gasteiger charge is 2.28. The zero-order chi connectivity index (χ0) is 8.48. The van der Waals surface area contributed by atoms with Crippen LogP contribution in [0.1, 0.15) is 20.3 Å². The van der Waals surface area contributed by atoms with Gasteiger partial charge in [-0.05, 0) is 13.0 Å². The Kier molecular flexibility index (Phi) is 2.00. The van der Waals surface area contributed by atoms with E-state index in [0.717, 1.165) is 0 Å². The Morgan fingerprint density at radius 3 is 2.82 bits per heavy atom. The minimum Gasteiger partial charge on any atom is -0.458 e. The summed E-state index contributed by atoms with van der Waals surface area (Å²) in [6, 6.07) is 0. The van der Waals surface area contributed by atoms with E-state index in [0.29, 0.717) is 6.42 Å². The quantitative estimate of drug-likeness (QED) is 0.447. The molecular formula is C8H12O3. The zero-order valence-corrected chi connectivity index (χ0v) is 6.70. The number of hydrogen-bond acceptors (Lipinski definition) is 3. The molecule has 0 unspecified atom stereocenters. The zero-order valence-electron chi connectivity index (χ0n) is 6.70. The average Bonchev–Trinajstić information content (AvgIpc) is 2.08.